The largest absolute Gasteiger partial charge is 0.467 e. The number of nitrogens with zero attached hydrogens (tertiary/aromatic N) is 3. The van der Waals surface area contributed by atoms with Crippen LogP contribution in [0.3, 0.4) is 0 Å². The van der Waals surface area contributed by atoms with Gasteiger partial charge in [0, 0.05) is 20.0 Å². The van der Waals surface area contributed by atoms with Crippen LogP contribution in [0.25, 0.3) is 11.6 Å². The molecule has 3 aromatic heterocycles. The van der Waals surface area contributed by atoms with Gasteiger partial charge in [-0.05, 0) is 24.3 Å². The van der Waals surface area contributed by atoms with Crippen molar-refractivity contribution < 1.29 is 8.83 Å². The summed E-state index contributed by atoms with van der Waals surface area (Å²) in [4.78, 5) is 8.54. The van der Waals surface area contributed by atoms with Crippen molar-refractivity contribution >= 4 is 5.96 Å². The van der Waals surface area contributed by atoms with E-state index in [4.69, 9.17) is 8.83 Å². The summed E-state index contributed by atoms with van der Waals surface area (Å²) in [6.07, 6.45) is 3.94. The average Bonchev–Trinajstić information content (AvgIpc) is 3.32. The average molecular weight is 314 g/mol. The number of nitrogens with one attached hydrogen (secondary N) is 3. The minimum atomic E-state index is 0.560. The quantitative estimate of drug-likeness (QED) is 0.471. The molecule has 0 spiro atoms. The lowest BCUT2D eigenvalue weighted by molar-refractivity contribution is 0.501. The number of aromatic amines is 1. The molecule has 0 fully saturated rings. The van der Waals surface area contributed by atoms with Crippen molar-refractivity contribution in [2.75, 3.05) is 13.6 Å². The lowest BCUT2D eigenvalue weighted by Gasteiger charge is -2.09. The maximum absolute atomic E-state index is 5.26. The monoisotopic (exact) mass is 314 g/mol. The van der Waals surface area contributed by atoms with Crippen molar-refractivity contribution in [1.82, 2.24) is 25.8 Å². The van der Waals surface area contributed by atoms with Crippen LogP contribution in [0.1, 0.15) is 11.6 Å². The fourth-order valence-corrected chi connectivity index (χ4v) is 2.03. The molecule has 3 N–H and O–H groups in total. The van der Waals surface area contributed by atoms with Crippen molar-refractivity contribution in [2.45, 2.75) is 13.0 Å². The van der Waals surface area contributed by atoms with E-state index in [2.05, 4.69) is 30.8 Å². The van der Waals surface area contributed by atoms with Gasteiger partial charge in [0.25, 0.3) is 0 Å². The van der Waals surface area contributed by atoms with Gasteiger partial charge >= 0.3 is 0 Å². The number of aromatic nitrogens is 3. The molecule has 3 aromatic rings. The number of rotatable bonds is 6. The van der Waals surface area contributed by atoms with Gasteiger partial charge in [-0.25, -0.2) is 4.98 Å². The Hall–Kier alpha value is -3.03. The van der Waals surface area contributed by atoms with Crippen LogP contribution in [0.4, 0.5) is 0 Å². The molecule has 0 atom stereocenters. The highest BCUT2D eigenvalue weighted by molar-refractivity contribution is 5.79. The van der Waals surface area contributed by atoms with Crippen LogP contribution in [0.5, 0.6) is 0 Å². The van der Waals surface area contributed by atoms with E-state index in [1.807, 2.05) is 24.3 Å². The molecule has 0 aliphatic heterocycles. The van der Waals surface area contributed by atoms with E-state index in [9.17, 15) is 0 Å². The second kappa shape index (κ2) is 7.30. The summed E-state index contributed by atoms with van der Waals surface area (Å²) in [6.45, 7) is 1.25. The fourth-order valence-electron chi connectivity index (χ4n) is 2.03. The molecule has 0 radical (unpaired) electrons. The molecule has 3 rings (SSSR count). The first-order chi connectivity index (χ1) is 11.3. The van der Waals surface area contributed by atoms with Crippen LogP contribution in [0.2, 0.25) is 0 Å². The summed E-state index contributed by atoms with van der Waals surface area (Å²) >= 11 is 0. The topological polar surface area (TPSA) is 104 Å². The Balaban J connectivity index is 1.45. The van der Waals surface area contributed by atoms with Crippen LogP contribution in [-0.2, 0) is 13.0 Å². The predicted molar refractivity (Wildman–Crippen MR) is 84.7 cm³/mol. The minimum absolute atomic E-state index is 0.560. The van der Waals surface area contributed by atoms with Gasteiger partial charge in [0.05, 0.1) is 19.1 Å². The molecule has 0 aromatic carbocycles. The van der Waals surface area contributed by atoms with Gasteiger partial charge in [-0.15, -0.1) is 0 Å². The number of H-pyrrole nitrogens is 1. The molecule has 0 amide bonds. The zero-order valence-corrected chi connectivity index (χ0v) is 12.7. The molecule has 0 saturated carbocycles. The highest BCUT2D eigenvalue weighted by atomic mass is 16.3. The van der Waals surface area contributed by atoms with Gasteiger partial charge in [-0.3, -0.25) is 10.1 Å². The second-order valence-corrected chi connectivity index (χ2v) is 4.76. The first-order valence-electron chi connectivity index (χ1n) is 7.27. The van der Waals surface area contributed by atoms with E-state index >= 15 is 0 Å². The number of hydrogen-bond donors (Lipinski definition) is 3. The Morgan fingerprint density at radius 1 is 1.22 bits per heavy atom. The summed E-state index contributed by atoms with van der Waals surface area (Å²) in [5.74, 6) is 3.55. The number of guanidine groups is 1. The molecule has 0 aliphatic carbocycles. The lowest BCUT2D eigenvalue weighted by Crippen LogP contribution is -2.37. The van der Waals surface area contributed by atoms with Crippen molar-refractivity contribution in [2.24, 2.45) is 4.99 Å². The third-order valence-electron chi connectivity index (χ3n) is 3.16. The predicted octanol–water partition coefficient (Wildman–Crippen LogP) is 1.57. The Morgan fingerprint density at radius 2 is 2.09 bits per heavy atom. The normalized spacial score (nSPS) is 11.6. The minimum Gasteiger partial charge on any atom is -0.467 e. The van der Waals surface area contributed by atoms with Crippen LogP contribution < -0.4 is 10.6 Å². The van der Waals surface area contributed by atoms with Gasteiger partial charge in [-0.2, -0.15) is 5.10 Å². The highest BCUT2D eigenvalue weighted by Gasteiger charge is 2.08. The van der Waals surface area contributed by atoms with Crippen LogP contribution in [-0.4, -0.2) is 34.7 Å². The zero-order chi connectivity index (χ0) is 15.9. The smallest absolute Gasteiger partial charge is 0.216 e. The number of aliphatic imine (C=N–C) groups is 1. The third-order valence-corrected chi connectivity index (χ3v) is 3.16. The van der Waals surface area contributed by atoms with E-state index in [1.165, 1.54) is 0 Å². The second-order valence-electron chi connectivity index (χ2n) is 4.76. The molecule has 8 nitrogen and oxygen atoms in total. The van der Waals surface area contributed by atoms with Gasteiger partial charge in [0.1, 0.15) is 11.6 Å². The van der Waals surface area contributed by atoms with E-state index in [-0.39, 0.29) is 0 Å². The van der Waals surface area contributed by atoms with Gasteiger partial charge < -0.3 is 19.5 Å². The molecule has 120 valence electrons. The Kier molecular flexibility index (Phi) is 4.72. The summed E-state index contributed by atoms with van der Waals surface area (Å²) < 4.78 is 10.5. The van der Waals surface area contributed by atoms with Gasteiger partial charge in [-0.1, -0.05) is 0 Å². The van der Waals surface area contributed by atoms with Crippen LogP contribution >= 0.6 is 0 Å². The molecule has 0 aliphatic rings. The Labute approximate surface area is 133 Å². The number of furan rings is 2. The van der Waals surface area contributed by atoms with E-state index in [1.54, 1.807) is 19.6 Å². The highest BCUT2D eigenvalue weighted by Crippen LogP contribution is 2.14. The number of hydrogen-bond acceptors (Lipinski definition) is 5. The van der Waals surface area contributed by atoms with Gasteiger partial charge in [0.15, 0.2) is 11.7 Å². The summed E-state index contributed by atoms with van der Waals surface area (Å²) in [5, 5.41) is 13.4. The fraction of sp³-hybridized carbons (Fsp3) is 0.267. The maximum atomic E-state index is 5.26. The Morgan fingerprint density at radius 3 is 2.83 bits per heavy atom. The van der Waals surface area contributed by atoms with Crippen molar-refractivity contribution in [1.29, 1.82) is 0 Å². The molecular weight excluding hydrogens is 296 g/mol. The van der Waals surface area contributed by atoms with E-state index < -0.39 is 0 Å². The standard InChI is InChI=1S/C15H18N6O2/c1-16-15(18-10-11-4-2-8-22-11)17-7-6-13-19-14(21-20-13)12-5-3-9-23-12/h2-5,8-9H,6-7,10H2,1H3,(H2,16,17,18)(H,19,20,21). The Bertz CT molecular complexity index is 730. The maximum Gasteiger partial charge on any atom is 0.216 e. The van der Waals surface area contributed by atoms with Crippen molar-refractivity contribution in [3.05, 3.63) is 48.4 Å². The zero-order valence-electron chi connectivity index (χ0n) is 12.7. The van der Waals surface area contributed by atoms with Crippen LogP contribution in [0.15, 0.2) is 50.6 Å². The van der Waals surface area contributed by atoms with Gasteiger partial charge in [0.2, 0.25) is 5.82 Å². The van der Waals surface area contributed by atoms with E-state index in [0.29, 0.717) is 37.1 Å². The van der Waals surface area contributed by atoms with Crippen molar-refractivity contribution in [3.63, 3.8) is 0 Å². The molecule has 0 bridgehead atoms. The van der Waals surface area contributed by atoms with E-state index in [0.717, 1.165) is 11.6 Å². The molecule has 0 unspecified atom stereocenters. The molecular formula is C15H18N6O2. The first kappa shape index (κ1) is 14.9. The summed E-state index contributed by atoms with van der Waals surface area (Å²) in [6, 6.07) is 7.39. The molecule has 0 saturated heterocycles. The van der Waals surface area contributed by atoms with Crippen molar-refractivity contribution in [3.8, 4) is 11.6 Å². The first-order valence-corrected chi connectivity index (χ1v) is 7.27. The van der Waals surface area contributed by atoms with Crippen LogP contribution in [0, 0.1) is 0 Å². The molecule has 23 heavy (non-hydrogen) atoms. The summed E-state index contributed by atoms with van der Waals surface area (Å²) in [7, 11) is 1.72. The SMILES string of the molecule is CN=C(NCCc1nc(-c2ccco2)n[nH]1)NCc1ccco1. The summed E-state index contributed by atoms with van der Waals surface area (Å²) in [5.41, 5.74) is 0. The molecule has 3 heterocycles. The lowest BCUT2D eigenvalue weighted by atomic mass is 10.4. The molecule has 8 heteroatoms. The third kappa shape index (κ3) is 4.00.